The molecule has 0 unspecified atom stereocenters. The van der Waals surface area contributed by atoms with Gasteiger partial charge in [-0.1, -0.05) is 46.9 Å². The van der Waals surface area contributed by atoms with Crippen molar-refractivity contribution < 1.29 is 78.0 Å². The summed E-state index contributed by atoms with van der Waals surface area (Å²) in [7, 11) is 1.74. The molecule has 11 nitrogen and oxygen atoms in total. The Morgan fingerprint density at radius 3 is 1.54 bits per heavy atom. The topological polar surface area (TPSA) is 120 Å². The molecule has 2 N–H and O–H groups in total. The summed E-state index contributed by atoms with van der Waals surface area (Å²) in [5.41, 5.74) is 2.03. The average Bonchev–Trinajstić information content (AvgIpc) is 4.14. The number of rotatable bonds is 8. The summed E-state index contributed by atoms with van der Waals surface area (Å²) < 4.78 is 113. The van der Waals surface area contributed by atoms with Gasteiger partial charge in [0.25, 0.3) is 11.8 Å². The molecule has 0 atom stereocenters. The van der Waals surface area contributed by atoms with E-state index >= 15 is 0 Å². The van der Waals surface area contributed by atoms with Gasteiger partial charge in [-0.2, -0.15) is 36.5 Å². The summed E-state index contributed by atoms with van der Waals surface area (Å²) in [6.07, 6.45) is 2.93. The van der Waals surface area contributed by atoms with Crippen molar-refractivity contribution in [1.29, 1.82) is 0 Å². The lowest BCUT2D eigenvalue weighted by Crippen LogP contribution is -3.00. The monoisotopic (exact) mass is 1180 g/mol. The van der Waals surface area contributed by atoms with E-state index < -0.39 is 35.3 Å². The molecule has 0 spiro atoms. The number of pyridine rings is 2. The number of nitrogens with zero attached hydrogens (tertiary/aromatic N) is 6. The first kappa shape index (κ1) is 53.9. The molecule has 4 aromatic carbocycles. The first-order valence-corrected chi connectivity index (χ1v) is 22.8. The van der Waals surface area contributed by atoms with Crippen LogP contribution in [0.2, 0.25) is 0 Å². The van der Waals surface area contributed by atoms with Crippen LogP contribution in [0, 0.1) is 11.6 Å². The van der Waals surface area contributed by atoms with Gasteiger partial charge in [0.05, 0.1) is 52.2 Å². The molecular weight excluding hydrogens is 1140 g/mol. The van der Waals surface area contributed by atoms with Gasteiger partial charge in [-0.25, -0.2) is 22.7 Å². The van der Waals surface area contributed by atoms with Crippen molar-refractivity contribution in [3.05, 3.63) is 179 Å². The number of carbonyl (C=O) groups excluding carboxylic acids is 2. The number of hydrogen-bond acceptors (Lipinski definition) is 6. The zero-order valence-electron chi connectivity index (χ0n) is 36.6. The lowest BCUT2D eigenvalue weighted by Gasteiger charge is -2.10. The summed E-state index contributed by atoms with van der Waals surface area (Å²) >= 11 is 2.15. The molecule has 0 bridgehead atoms. The van der Waals surface area contributed by atoms with E-state index in [1.54, 1.807) is 53.0 Å². The highest BCUT2D eigenvalue weighted by Gasteiger charge is 2.31. The van der Waals surface area contributed by atoms with Gasteiger partial charge in [-0.3, -0.25) is 14.6 Å². The van der Waals surface area contributed by atoms with E-state index in [4.69, 9.17) is 4.74 Å². The fourth-order valence-electron chi connectivity index (χ4n) is 6.85. The Hall–Kier alpha value is -6.08. The summed E-state index contributed by atoms with van der Waals surface area (Å²) in [5, 5.41) is 14.9. The minimum atomic E-state index is -4.45. The zero-order chi connectivity index (χ0) is 49.0. The van der Waals surface area contributed by atoms with Crippen molar-refractivity contribution in [2.45, 2.75) is 38.3 Å². The lowest BCUT2D eigenvalue weighted by atomic mass is 10.1. The Morgan fingerprint density at radius 1 is 0.638 bits per heavy atom. The average molecular weight is 1180 g/mol. The third-order valence-corrected chi connectivity index (χ3v) is 10.1. The van der Waals surface area contributed by atoms with E-state index in [1.165, 1.54) is 90.8 Å². The number of hydrogen-bond donors (Lipinski definition) is 2. The van der Waals surface area contributed by atoms with E-state index in [-0.39, 0.29) is 54.3 Å². The molecule has 8 aromatic rings. The van der Waals surface area contributed by atoms with Crippen LogP contribution in [0.3, 0.4) is 0 Å². The molecule has 69 heavy (non-hydrogen) atoms. The van der Waals surface area contributed by atoms with Gasteiger partial charge in [0.15, 0.2) is 12.4 Å². The van der Waals surface area contributed by atoms with Crippen molar-refractivity contribution in [2.75, 3.05) is 18.1 Å². The summed E-state index contributed by atoms with van der Waals surface area (Å²) in [6.45, 7) is 1.86. The van der Waals surface area contributed by atoms with Gasteiger partial charge in [0.2, 0.25) is 0 Å². The van der Waals surface area contributed by atoms with E-state index in [0.29, 0.717) is 49.9 Å². The predicted molar refractivity (Wildman–Crippen MR) is 246 cm³/mol. The normalized spacial score (nSPS) is 12.1. The molecule has 362 valence electrons. The van der Waals surface area contributed by atoms with Gasteiger partial charge < -0.3 is 39.3 Å². The Balaban J connectivity index is 0.000000223. The maximum atomic E-state index is 13.2. The number of aryl methyl sites for hydroxylation is 1. The summed E-state index contributed by atoms with van der Waals surface area (Å²) in [5.74, 6) is -1.70. The van der Waals surface area contributed by atoms with Crippen LogP contribution in [0.1, 0.15) is 55.8 Å². The number of nitrogens with one attached hydrogen (secondary N) is 2. The van der Waals surface area contributed by atoms with Crippen molar-refractivity contribution >= 4 is 56.2 Å². The van der Waals surface area contributed by atoms with E-state index in [9.17, 15) is 44.7 Å². The predicted octanol–water partition coefficient (Wildman–Crippen LogP) is 7.30. The maximum Gasteiger partial charge on any atom is 0.416 e. The molecular formula is C48H42F8I2N8O3. The molecule has 0 saturated carbocycles. The number of carbonyl (C=O) groups is 2. The third kappa shape index (κ3) is 14.2. The molecule has 1 fully saturated rings. The number of aromatic nitrogens is 6. The first-order valence-electron chi connectivity index (χ1n) is 20.6. The molecule has 1 saturated heterocycles. The fourth-order valence-corrected chi connectivity index (χ4v) is 6.85. The van der Waals surface area contributed by atoms with Crippen LogP contribution in [-0.4, -0.2) is 54.5 Å². The second-order valence-electron chi connectivity index (χ2n) is 14.9. The first-order chi connectivity index (χ1) is 32.5. The lowest BCUT2D eigenvalue weighted by molar-refractivity contribution is -0.670. The van der Waals surface area contributed by atoms with E-state index in [2.05, 4.69) is 48.4 Å². The fraction of sp³-hybridized carbons (Fsp3) is 0.208. The number of benzene rings is 4. The quantitative estimate of drug-likeness (QED) is 0.0715. The molecule has 21 heteroatoms. The van der Waals surface area contributed by atoms with Gasteiger partial charge in [-0.05, 0) is 102 Å². The number of alkyl halides is 7. The Bertz CT molecular complexity index is 2970. The van der Waals surface area contributed by atoms with E-state index in [1.807, 2.05) is 4.93 Å². The van der Waals surface area contributed by atoms with E-state index in [0.717, 1.165) is 37.5 Å². The summed E-state index contributed by atoms with van der Waals surface area (Å²) in [4.78, 5) is 31.5. The van der Waals surface area contributed by atoms with Crippen molar-refractivity contribution in [2.24, 2.45) is 7.05 Å². The highest BCUT2D eigenvalue weighted by molar-refractivity contribution is 14.1. The van der Waals surface area contributed by atoms with Gasteiger partial charge >= 0.3 is 12.4 Å². The molecule has 1 aliphatic heterocycles. The Kier molecular flexibility index (Phi) is 19.1. The number of ether oxygens (including phenoxy) is 1. The third-order valence-electron chi connectivity index (χ3n) is 10.1. The highest BCUT2D eigenvalue weighted by atomic mass is 127. The second-order valence-corrected chi connectivity index (χ2v) is 14.9. The zero-order valence-corrected chi connectivity index (χ0v) is 40.9. The van der Waals surface area contributed by atoms with Gasteiger partial charge in [-0.15, -0.1) is 0 Å². The molecule has 4 aromatic heterocycles. The van der Waals surface area contributed by atoms with Crippen molar-refractivity contribution in [3.63, 3.8) is 0 Å². The number of amides is 2. The van der Waals surface area contributed by atoms with Crippen LogP contribution in [0.15, 0.2) is 134 Å². The second kappa shape index (κ2) is 24.5. The SMILES string of the molecule is C1CCOC1.CI.C[n+]1cc(C(=O)NCc2cccc(C(F)(F)F)c2)c2cnn(-c3ccc(F)cc3)c2c1.O=C(NCc1cccc(C(F)(F)F)c1)c1cncc2c1cnn2-c1ccc(F)cc1.[I-]. The largest absolute Gasteiger partial charge is 1.00 e. The van der Waals surface area contributed by atoms with Crippen molar-refractivity contribution in [1.82, 2.24) is 35.2 Å². The van der Waals surface area contributed by atoms with Crippen LogP contribution in [0.5, 0.6) is 0 Å². The molecule has 2 amide bonds. The van der Waals surface area contributed by atoms with Crippen LogP contribution in [0.25, 0.3) is 33.2 Å². The smallest absolute Gasteiger partial charge is 0.416 e. The number of fused-ring (bicyclic) bond motifs is 2. The Labute approximate surface area is 421 Å². The minimum Gasteiger partial charge on any atom is -1.00 e. The van der Waals surface area contributed by atoms with Crippen LogP contribution >= 0.6 is 22.6 Å². The van der Waals surface area contributed by atoms with Crippen molar-refractivity contribution in [3.8, 4) is 11.4 Å². The molecule has 0 aliphatic carbocycles. The van der Waals surface area contributed by atoms with Crippen LogP contribution in [0.4, 0.5) is 35.1 Å². The highest BCUT2D eigenvalue weighted by Crippen LogP contribution is 2.31. The Morgan fingerprint density at radius 2 is 1.09 bits per heavy atom. The maximum absolute atomic E-state index is 13.2. The minimum absolute atomic E-state index is 0. The van der Waals surface area contributed by atoms with Crippen LogP contribution < -0.4 is 39.2 Å². The standard InChI is InChI=1S/C22H16F4N4O.C21H14F4N4O.C4H8O.CH3I.HI/c1-29-12-19(21(31)27-10-14-3-2-4-15(9-14)22(24,25)26)18-11-28-30(20(18)13-29)17-7-5-16(23)6-8-17;22-15-4-6-16(7-5-15)29-19-12-26-10-18(17(19)11-28-29)20(30)27-9-13-2-1-3-14(8-13)21(23,24)25;1-2-4-5-3-1;1-2;/h2-9,11-13H,10H2,1H3;1-8,10-12H,9H2,(H,27,30);1-4H2;1H3;1H. The van der Waals surface area contributed by atoms with Gasteiger partial charge in [0.1, 0.15) is 29.8 Å². The summed E-state index contributed by atoms with van der Waals surface area (Å²) in [6, 6.07) is 21.0. The molecule has 0 radical (unpaired) electrons. The molecule has 9 rings (SSSR count). The molecule has 5 heterocycles. The van der Waals surface area contributed by atoms with Crippen LogP contribution in [-0.2, 0) is 37.2 Å². The molecule has 1 aliphatic rings. The van der Waals surface area contributed by atoms with Gasteiger partial charge in [0, 0.05) is 43.3 Å². The number of halogens is 10.